The molecule has 2 N–H and O–H groups in total. The minimum Gasteiger partial charge on any atom is -0.395 e. The van der Waals surface area contributed by atoms with Crippen LogP contribution < -0.4 is 4.72 Å². The van der Waals surface area contributed by atoms with E-state index in [0.29, 0.717) is 12.0 Å². The van der Waals surface area contributed by atoms with Crippen LogP contribution >= 0.6 is 0 Å². The molecule has 0 amide bonds. The molecular formula is C13H14N4O3S. The number of hydrogen-bond donors (Lipinski definition) is 2. The van der Waals surface area contributed by atoms with Crippen molar-refractivity contribution in [3.8, 4) is 11.8 Å². The molecule has 8 heteroatoms. The first-order valence-electron chi connectivity index (χ1n) is 6.09. The van der Waals surface area contributed by atoms with Gasteiger partial charge in [-0.05, 0) is 18.2 Å². The summed E-state index contributed by atoms with van der Waals surface area (Å²) >= 11 is 0. The van der Waals surface area contributed by atoms with Gasteiger partial charge in [0.25, 0.3) is 10.0 Å². The Morgan fingerprint density at radius 3 is 2.90 bits per heavy atom. The highest BCUT2D eigenvalue weighted by molar-refractivity contribution is 7.92. The summed E-state index contributed by atoms with van der Waals surface area (Å²) < 4.78 is 28.2. The van der Waals surface area contributed by atoms with Crippen LogP contribution in [0.1, 0.15) is 12.0 Å². The monoisotopic (exact) mass is 306 g/mol. The van der Waals surface area contributed by atoms with Gasteiger partial charge >= 0.3 is 0 Å². The quantitative estimate of drug-likeness (QED) is 0.794. The molecule has 0 atom stereocenters. The summed E-state index contributed by atoms with van der Waals surface area (Å²) in [6, 6.07) is 6.24. The average molecular weight is 306 g/mol. The Morgan fingerprint density at radius 1 is 1.43 bits per heavy atom. The van der Waals surface area contributed by atoms with Gasteiger partial charge in [-0.3, -0.25) is 0 Å². The minimum absolute atomic E-state index is 0.0291. The number of nitrogens with one attached hydrogen (secondary N) is 1. The molecule has 2 rings (SSSR count). The molecule has 1 aromatic carbocycles. The molecule has 0 unspecified atom stereocenters. The Bertz CT molecular complexity index is 787. The lowest BCUT2D eigenvalue weighted by Gasteiger charge is -2.07. The van der Waals surface area contributed by atoms with Gasteiger partial charge in [0.2, 0.25) is 5.95 Å². The van der Waals surface area contributed by atoms with E-state index in [2.05, 4.69) is 26.6 Å². The van der Waals surface area contributed by atoms with Crippen LogP contribution in [0.15, 0.2) is 35.5 Å². The van der Waals surface area contributed by atoms with Gasteiger partial charge in [0.15, 0.2) is 0 Å². The zero-order valence-corrected chi connectivity index (χ0v) is 12.1. The number of sulfonamides is 1. The van der Waals surface area contributed by atoms with E-state index in [9.17, 15) is 8.42 Å². The fourth-order valence-electron chi connectivity index (χ4n) is 1.53. The summed E-state index contributed by atoms with van der Waals surface area (Å²) in [5.74, 6) is 5.67. The Kier molecular flexibility index (Phi) is 4.57. The summed E-state index contributed by atoms with van der Waals surface area (Å²) in [5.41, 5.74) is 0.560. The van der Waals surface area contributed by atoms with E-state index >= 15 is 0 Å². The zero-order chi connectivity index (χ0) is 15.3. The fraction of sp³-hybridized carbons (Fsp3) is 0.231. The van der Waals surface area contributed by atoms with Crippen molar-refractivity contribution in [1.29, 1.82) is 0 Å². The van der Waals surface area contributed by atoms with Gasteiger partial charge in [-0.2, -0.15) is 10.1 Å². The van der Waals surface area contributed by atoms with Gasteiger partial charge in [-0.15, -0.1) is 0 Å². The van der Waals surface area contributed by atoms with Crippen molar-refractivity contribution in [3.05, 3.63) is 36.2 Å². The summed E-state index contributed by atoms with van der Waals surface area (Å²) in [4.78, 5) is 3.90. The summed E-state index contributed by atoms with van der Waals surface area (Å²) in [7, 11) is -2.16. The number of rotatable bonds is 4. The van der Waals surface area contributed by atoms with E-state index in [4.69, 9.17) is 5.11 Å². The third-order valence-electron chi connectivity index (χ3n) is 2.55. The predicted octanol–water partition coefficient (Wildman–Crippen LogP) is 0.350. The van der Waals surface area contributed by atoms with Crippen molar-refractivity contribution in [2.45, 2.75) is 11.3 Å². The molecule has 0 bridgehead atoms. The molecule has 0 spiro atoms. The van der Waals surface area contributed by atoms with E-state index in [1.165, 1.54) is 23.1 Å². The lowest BCUT2D eigenvalue weighted by molar-refractivity contribution is 0.305. The van der Waals surface area contributed by atoms with Gasteiger partial charge in [-0.25, -0.2) is 17.8 Å². The maximum atomic E-state index is 12.3. The van der Waals surface area contributed by atoms with Crippen molar-refractivity contribution < 1.29 is 13.5 Å². The van der Waals surface area contributed by atoms with Crippen LogP contribution in [0.5, 0.6) is 0 Å². The van der Waals surface area contributed by atoms with Gasteiger partial charge in [0.1, 0.15) is 6.33 Å². The number of benzene rings is 1. The first-order valence-corrected chi connectivity index (χ1v) is 7.58. The zero-order valence-electron chi connectivity index (χ0n) is 11.3. The predicted molar refractivity (Wildman–Crippen MR) is 76.8 cm³/mol. The molecule has 0 saturated carbocycles. The molecule has 21 heavy (non-hydrogen) atoms. The molecule has 0 aliphatic carbocycles. The molecular weight excluding hydrogens is 292 g/mol. The van der Waals surface area contributed by atoms with Crippen molar-refractivity contribution in [1.82, 2.24) is 14.8 Å². The van der Waals surface area contributed by atoms with Crippen molar-refractivity contribution in [2.75, 3.05) is 11.3 Å². The van der Waals surface area contributed by atoms with Gasteiger partial charge < -0.3 is 5.11 Å². The Balaban J connectivity index is 2.27. The van der Waals surface area contributed by atoms with Crippen molar-refractivity contribution in [3.63, 3.8) is 0 Å². The molecule has 1 heterocycles. The molecule has 0 aliphatic heterocycles. The standard InChI is InChI=1S/C13H14N4O3S/c1-17-13(14-10-15-17)16-21(19,20)12-7-4-6-11(9-12)5-2-3-8-18/h4,6-7,9-10,18H,3,8H2,1H3,(H,14,15,16). The minimum atomic E-state index is -3.75. The number of aromatic nitrogens is 3. The highest BCUT2D eigenvalue weighted by Gasteiger charge is 2.16. The smallest absolute Gasteiger partial charge is 0.264 e. The van der Waals surface area contributed by atoms with Crippen molar-refractivity contribution >= 4 is 16.0 Å². The fourth-order valence-corrected chi connectivity index (χ4v) is 2.61. The van der Waals surface area contributed by atoms with Gasteiger partial charge in [0, 0.05) is 19.0 Å². The molecule has 110 valence electrons. The topological polar surface area (TPSA) is 97.1 Å². The molecule has 7 nitrogen and oxygen atoms in total. The van der Waals surface area contributed by atoms with Crippen LogP contribution in [0.4, 0.5) is 5.95 Å². The molecule has 0 aliphatic rings. The second-order valence-electron chi connectivity index (χ2n) is 4.12. The van der Waals surface area contributed by atoms with Gasteiger partial charge in [0.05, 0.1) is 11.5 Å². The molecule has 1 aromatic heterocycles. The molecule has 0 fully saturated rings. The highest BCUT2D eigenvalue weighted by Crippen LogP contribution is 2.14. The largest absolute Gasteiger partial charge is 0.395 e. The number of anilines is 1. The van der Waals surface area contributed by atoms with E-state index in [1.807, 2.05) is 0 Å². The normalized spacial score (nSPS) is 10.8. The SMILES string of the molecule is Cn1ncnc1NS(=O)(=O)c1cccc(C#CCCO)c1. The second kappa shape index (κ2) is 6.39. The lowest BCUT2D eigenvalue weighted by Crippen LogP contribution is -2.16. The Morgan fingerprint density at radius 2 is 2.24 bits per heavy atom. The first-order chi connectivity index (χ1) is 10.0. The summed E-state index contributed by atoms with van der Waals surface area (Å²) in [6.45, 7) is -0.0291. The Labute approximate surface area is 122 Å². The van der Waals surface area contributed by atoms with E-state index in [1.54, 1.807) is 19.2 Å². The third-order valence-corrected chi connectivity index (χ3v) is 3.88. The van der Waals surface area contributed by atoms with E-state index < -0.39 is 10.0 Å². The summed E-state index contributed by atoms with van der Waals surface area (Å²) in [5, 5.41) is 12.5. The number of aliphatic hydroxyl groups is 1. The molecule has 0 radical (unpaired) electrons. The number of aliphatic hydroxyl groups excluding tert-OH is 1. The number of aryl methyl sites for hydroxylation is 1. The number of nitrogens with zero attached hydrogens (tertiary/aromatic N) is 3. The van der Waals surface area contributed by atoms with Crippen LogP contribution in [-0.2, 0) is 17.1 Å². The van der Waals surface area contributed by atoms with E-state index in [-0.39, 0.29) is 17.5 Å². The third kappa shape index (κ3) is 3.81. The maximum absolute atomic E-state index is 12.3. The lowest BCUT2D eigenvalue weighted by atomic mass is 10.2. The van der Waals surface area contributed by atoms with Crippen LogP contribution in [0.25, 0.3) is 0 Å². The first kappa shape index (κ1) is 15.0. The average Bonchev–Trinajstić information content (AvgIpc) is 2.84. The second-order valence-corrected chi connectivity index (χ2v) is 5.80. The highest BCUT2D eigenvalue weighted by atomic mass is 32.2. The number of hydrogen-bond acceptors (Lipinski definition) is 5. The van der Waals surface area contributed by atoms with Crippen LogP contribution in [0, 0.1) is 11.8 Å². The van der Waals surface area contributed by atoms with Crippen LogP contribution in [0.2, 0.25) is 0 Å². The molecule has 2 aromatic rings. The van der Waals surface area contributed by atoms with Crippen LogP contribution in [-0.4, -0.2) is 34.9 Å². The van der Waals surface area contributed by atoms with Gasteiger partial charge in [-0.1, -0.05) is 17.9 Å². The summed E-state index contributed by atoms with van der Waals surface area (Å²) in [6.07, 6.45) is 1.60. The van der Waals surface area contributed by atoms with Crippen LogP contribution in [0.3, 0.4) is 0 Å². The maximum Gasteiger partial charge on any atom is 0.264 e. The van der Waals surface area contributed by atoms with Crippen molar-refractivity contribution in [2.24, 2.45) is 7.05 Å². The molecule has 0 saturated heterocycles. The Hall–Kier alpha value is -2.37. The van der Waals surface area contributed by atoms with E-state index in [0.717, 1.165) is 0 Å².